The van der Waals surface area contributed by atoms with E-state index in [0.29, 0.717) is 12.8 Å². The number of ketones is 2. The van der Waals surface area contributed by atoms with Crippen molar-refractivity contribution in [2.75, 3.05) is 21.2 Å². The second kappa shape index (κ2) is 16.9. The molecule has 13 nitrogen and oxygen atoms in total. The minimum atomic E-state index is -1.74. The lowest BCUT2D eigenvalue weighted by Crippen LogP contribution is -2.60. The van der Waals surface area contributed by atoms with Crippen LogP contribution in [-0.4, -0.2) is 132 Å². The number of Topliss-reactive ketones (excluding diaryl/α,β-unsaturated/α-hetero) is 2. The van der Waals surface area contributed by atoms with E-state index in [1.807, 2.05) is 32.8 Å². The largest absolute Gasteiger partial charge is 0.461 e. The molecule has 0 aromatic carbocycles. The van der Waals surface area contributed by atoms with Crippen molar-refractivity contribution in [3.8, 4) is 0 Å². The van der Waals surface area contributed by atoms with Crippen molar-refractivity contribution in [2.24, 2.45) is 23.7 Å². The monoisotopic (exact) mass is 701 g/mol. The van der Waals surface area contributed by atoms with Crippen LogP contribution in [0.1, 0.15) is 94.4 Å². The summed E-state index contributed by atoms with van der Waals surface area (Å²) in [7, 11) is 5.21. The van der Waals surface area contributed by atoms with E-state index in [1.54, 1.807) is 48.5 Å². The van der Waals surface area contributed by atoms with Crippen LogP contribution in [0.25, 0.3) is 0 Å². The van der Waals surface area contributed by atoms with E-state index in [2.05, 4.69) is 0 Å². The molecule has 0 spiro atoms. The molecule has 9 unspecified atom stereocenters. The molecular weight excluding hydrogens is 638 g/mol. The second-order valence-corrected chi connectivity index (χ2v) is 15.6. The highest BCUT2D eigenvalue weighted by atomic mass is 16.7. The smallest absolute Gasteiger partial charge is 0.311 e. The lowest BCUT2D eigenvalue weighted by molar-refractivity contribution is -0.317. The lowest BCUT2D eigenvalue weighted by atomic mass is 9.76. The number of hydrogen-bond donors (Lipinski definition) is 3. The maximum absolute atomic E-state index is 13.9. The van der Waals surface area contributed by atoms with Gasteiger partial charge in [0.2, 0.25) is 0 Å². The zero-order valence-corrected chi connectivity index (χ0v) is 31.6. The molecule has 0 aromatic heterocycles. The Balaban J connectivity index is 2.14. The zero-order valence-electron chi connectivity index (χ0n) is 31.6. The zero-order chi connectivity index (χ0) is 37.2. The van der Waals surface area contributed by atoms with Crippen molar-refractivity contribution >= 4 is 17.5 Å². The summed E-state index contributed by atoms with van der Waals surface area (Å²) in [6.45, 7) is 15.4. The van der Waals surface area contributed by atoms with Gasteiger partial charge < -0.3 is 48.6 Å². The summed E-state index contributed by atoms with van der Waals surface area (Å²) >= 11 is 0. The van der Waals surface area contributed by atoms with Crippen LogP contribution < -0.4 is 0 Å². The van der Waals surface area contributed by atoms with Gasteiger partial charge in [-0.25, -0.2) is 0 Å². The van der Waals surface area contributed by atoms with E-state index in [1.165, 1.54) is 7.11 Å². The summed E-state index contributed by atoms with van der Waals surface area (Å²) in [6.07, 6.45) is -7.43. The number of cyclic esters (lactones) is 1. The fourth-order valence-corrected chi connectivity index (χ4v) is 7.77. The Morgan fingerprint density at radius 3 is 2.12 bits per heavy atom. The number of nitrogens with zero attached hydrogens (tertiary/aromatic N) is 1. The molecule has 0 amide bonds. The fraction of sp³-hybridized carbons (Fsp3) is 0.917. The number of hydrogen-bond acceptors (Lipinski definition) is 13. The predicted octanol–water partition coefficient (Wildman–Crippen LogP) is 2.63. The van der Waals surface area contributed by atoms with Crippen LogP contribution in [0.5, 0.6) is 0 Å². The number of aliphatic hydroxyl groups excluding tert-OH is 2. The Hall–Kier alpha value is -1.55. The topological polar surface area (TPSA) is 171 Å². The molecule has 0 radical (unpaired) electrons. The summed E-state index contributed by atoms with van der Waals surface area (Å²) in [5, 5.41) is 34.5. The number of carbonyl (C=O) groups is 3. The third-order valence-electron chi connectivity index (χ3n) is 11.2. The molecule has 3 rings (SSSR count). The normalized spacial score (nSPS) is 46.7. The summed E-state index contributed by atoms with van der Waals surface area (Å²) in [5.74, 6) is -4.53. The molecule has 0 aromatic rings. The van der Waals surface area contributed by atoms with Crippen LogP contribution in [0.15, 0.2) is 0 Å². The number of esters is 1. The Bertz CT molecular complexity index is 1130. The highest BCUT2D eigenvalue weighted by molar-refractivity contribution is 6.01. The molecule has 0 saturated carbocycles. The van der Waals surface area contributed by atoms with Crippen molar-refractivity contribution in [1.82, 2.24) is 4.90 Å². The van der Waals surface area contributed by atoms with Crippen LogP contribution >= 0.6 is 0 Å². The Morgan fingerprint density at radius 2 is 1.55 bits per heavy atom. The minimum Gasteiger partial charge on any atom is -0.461 e. The molecular formula is C36H63NO12. The van der Waals surface area contributed by atoms with E-state index in [-0.39, 0.29) is 43.0 Å². The van der Waals surface area contributed by atoms with Crippen molar-refractivity contribution in [3.63, 3.8) is 0 Å². The summed E-state index contributed by atoms with van der Waals surface area (Å²) in [4.78, 5) is 42.4. The van der Waals surface area contributed by atoms with Gasteiger partial charge in [0.25, 0.3) is 0 Å². The average molecular weight is 702 g/mol. The summed E-state index contributed by atoms with van der Waals surface area (Å²) < 4.78 is 37.1. The van der Waals surface area contributed by atoms with Gasteiger partial charge in [-0.1, -0.05) is 27.7 Å². The molecule has 3 heterocycles. The highest BCUT2D eigenvalue weighted by Crippen LogP contribution is 2.40. The van der Waals surface area contributed by atoms with Gasteiger partial charge in [-0.2, -0.15) is 0 Å². The van der Waals surface area contributed by atoms with E-state index >= 15 is 0 Å². The molecule has 49 heavy (non-hydrogen) atoms. The van der Waals surface area contributed by atoms with Crippen molar-refractivity contribution in [2.45, 2.75) is 167 Å². The summed E-state index contributed by atoms with van der Waals surface area (Å²) in [5.41, 5.74) is -2.76. The summed E-state index contributed by atoms with van der Waals surface area (Å²) in [6, 6.07) is -0.303. The van der Waals surface area contributed by atoms with Gasteiger partial charge in [-0.3, -0.25) is 14.4 Å². The molecule has 284 valence electrons. The van der Waals surface area contributed by atoms with Gasteiger partial charge in [0.15, 0.2) is 12.6 Å². The van der Waals surface area contributed by atoms with E-state index in [0.717, 1.165) is 0 Å². The van der Waals surface area contributed by atoms with Crippen LogP contribution in [0.2, 0.25) is 0 Å². The van der Waals surface area contributed by atoms with Crippen LogP contribution in [0, 0.1) is 23.7 Å². The third kappa shape index (κ3) is 9.66. The first-order chi connectivity index (χ1) is 22.7. The number of ether oxygens (including phenoxy) is 6. The second-order valence-electron chi connectivity index (χ2n) is 15.6. The predicted molar refractivity (Wildman–Crippen MR) is 179 cm³/mol. The third-order valence-corrected chi connectivity index (χ3v) is 11.2. The number of methoxy groups -OCH3 is 1. The van der Waals surface area contributed by atoms with Crippen LogP contribution in [0.3, 0.4) is 0 Å². The maximum atomic E-state index is 13.9. The number of carbonyl (C=O) groups excluding carboxylic acids is 3. The number of likely N-dealkylation sites (N-methyl/N-ethyl adjacent to an activating group) is 1. The first kappa shape index (κ1) is 41.9. The molecule has 3 fully saturated rings. The minimum absolute atomic E-state index is 0.0777. The Kier molecular flexibility index (Phi) is 14.4. The van der Waals surface area contributed by atoms with Crippen molar-refractivity contribution in [1.29, 1.82) is 0 Å². The van der Waals surface area contributed by atoms with Gasteiger partial charge in [-0.15, -0.1) is 0 Å². The van der Waals surface area contributed by atoms with Gasteiger partial charge >= 0.3 is 5.97 Å². The molecule has 3 aliphatic rings. The highest BCUT2D eigenvalue weighted by Gasteiger charge is 2.52. The maximum Gasteiger partial charge on any atom is 0.311 e. The molecule has 3 N–H and O–H groups in total. The lowest BCUT2D eigenvalue weighted by Gasteiger charge is -2.48. The van der Waals surface area contributed by atoms with Gasteiger partial charge in [-0.05, 0) is 68.0 Å². The van der Waals surface area contributed by atoms with E-state index in [9.17, 15) is 29.7 Å². The molecule has 16 atom stereocenters. The first-order valence-electron chi connectivity index (χ1n) is 17.8. The van der Waals surface area contributed by atoms with Crippen LogP contribution in [-0.2, 0) is 42.8 Å². The van der Waals surface area contributed by atoms with Crippen molar-refractivity contribution < 1.29 is 58.1 Å². The molecule has 0 bridgehead atoms. The Labute approximate surface area is 292 Å². The van der Waals surface area contributed by atoms with Gasteiger partial charge in [0.05, 0.1) is 53.9 Å². The van der Waals surface area contributed by atoms with E-state index in [4.69, 9.17) is 28.4 Å². The van der Waals surface area contributed by atoms with Gasteiger partial charge in [0.1, 0.15) is 29.9 Å². The molecule has 3 aliphatic heterocycles. The number of aliphatic hydroxyl groups is 3. The fourth-order valence-electron chi connectivity index (χ4n) is 7.77. The quantitative estimate of drug-likeness (QED) is 0.262. The molecule has 13 heteroatoms. The molecule has 0 aliphatic carbocycles. The first-order valence-corrected chi connectivity index (χ1v) is 17.8. The molecule has 3 saturated heterocycles. The van der Waals surface area contributed by atoms with Crippen molar-refractivity contribution in [3.05, 3.63) is 0 Å². The Morgan fingerprint density at radius 1 is 0.918 bits per heavy atom. The van der Waals surface area contributed by atoms with E-state index < -0.39 is 90.0 Å². The number of rotatable bonds is 7. The SMILES string of the molecule is CC[C@H]1OC(=O)C(C)[C@@H](OC2C[C@@](C)(OC)C(O)[C@H](C)O2)C(C)[C@@H](OC2OC(C)C[C@H](N(C)C)C2O)[C@](C)(O)CC(C)C(=O)CC(=O)C1C. The van der Waals surface area contributed by atoms with Crippen LogP contribution in [0.4, 0.5) is 0 Å². The average Bonchev–Trinajstić information content (AvgIpc) is 3.02. The van der Waals surface area contributed by atoms with Gasteiger partial charge in [0, 0.05) is 31.4 Å². The standard InChI is InChI=1S/C36H63NO12/c1-13-27-20(4)26(39)15-25(38)18(2)16-35(8,43)32(49-34-29(40)24(37(10)11)14-19(3)45-34)21(5)30(22(6)33(42)47-27)48-28-17-36(9,44-12)31(41)23(7)46-28/h18-24,27-32,34,40-41,43H,13-17H2,1-12H3/t18?,19?,20?,21?,22?,23-,24-,27+,28?,29?,30-,31?,32+,34?,35+,36+/m0/s1.